The van der Waals surface area contributed by atoms with E-state index < -0.39 is 0 Å². The van der Waals surface area contributed by atoms with Crippen LogP contribution in [0.3, 0.4) is 0 Å². The average molecular weight is 229 g/mol. The first-order valence-corrected chi connectivity index (χ1v) is 6.68. The molecular weight excluding hydrogens is 214 g/mol. The normalized spacial score (nSPS) is 29.3. The molecule has 2 N–H and O–H groups in total. The number of nitrogens with two attached hydrogens (primary N) is 1. The van der Waals surface area contributed by atoms with Crippen LogP contribution in [0.25, 0.3) is 0 Å². The number of rotatable bonds is 3. The zero-order chi connectivity index (χ0) is 10.0. The molecule has 2 heterocycles. The molecule has 3 nitrogen and oxygen atoms in total. The van der Waals surface area contributed by atoms with Crippen LogP contribution in [0.4, 0.5) is 0 Å². The van der Waals surface area contributed by atoms with E-state index in [9.17, 15) is 0 Å². The molecule has 0 aromatic carbocycles. The molecule has 14 heavy (non-hydrogen) atoms. The van der Waals surface area contributed by atoms with Crippen molar-refractivity contribution in [3.8, 4) is 0 Å². The van der Waals surface area contributed by atoms with Gasteiger partial charge in [-0.1, -0.05) is 4.49 Å². The fourth-order valence-electron chi connectivity index (χ4n) is 1.81. The van der Waals surface area contributed by atoms with Crippen molar-refractivity contribution in [1.82, 2.24) is 9.59 Å². The molecule has 0 saturated carbocycles. The van der Waals surface area contributed by atoms with Gasteiger partial charge >= 0.3 is 0 Å². The van der Waals surface area contributed by atoms with Crippen LogP contribution in [0, 0.1) is 0 Å². The van der Waals surface area contributed by atoms with E-state index in [1.54, 1.807) is 0 Å². The van der Waals surface area contributed by atoms with Gasteiger partial charge in [0.2, 0.25) is 0 Å². The second kappa shape index (κ2) is 4.16. The molecule has 5 heteroatoms. The lowest BCUT2D eigenvalue weighted by atomic mass is 9.93. The highest BCUT2D eigenvalue weighted by Gasteiger charge is 2.35. The van der Waals surface area contributed by atoms with Gasteiger partial charge in [-0.15, -0.1) is 5.10 Å². The van der Waals surface area contributed by atoms with Gasteiger partial charge in [0.05, 0.1) is 5.69 Å². The number of thioether (sulfide) groups is 1. The Labute approximate surface area is 92.6 Å². The average Bonchev–Trinajstić information content (AvgIpc) is 2.76. The standard InChI is InChI=1S/C9H15N3S2/c1-9(3-2-4-13-9)8(10)5-7-6-14-12-11-7/h6,8H,2-5,10H2,1H3. The highest BCUT2D eigenvalue weighted by atomic mass is 32.2. The number of nitrogens with zero attached hydrogens (tertiary/aromatic N) is 2. The predicted molar refractivity (Wildman–Crippen MR) is 61.7 cm³/mol. The zero-order valence-electron chi connectivity index (χ0n) is 8.27. The van der Waals surface area contributed by atoms with Crippen molar-refractivity contribution in [2.45, 2.75) is 37.0 Å². The van der Waals surface area contributed by atoms with Crippen molar-refractivity contribution < 1.29 is 0 Å². The van der Waals surface area contributed by atoms with Crippen LogP contribution >= 0.6 is 23.3 Å². The molecule has 1 aromatic heterocycles. The Morgan fingerprint density at radius 3 is 3.14 bits per heavy atom. The predicted octanol–water partition coefficient (Wildman–Crippen LogP) is 1.69. The smallest absolute Gasteiger partial charge is 0.0771 e. The third-order valence-corrected chi connectivity index (χ3v) is 5.08. The SMILES string of the molecule is CC1(C(N)Cc2csnn2)CCCS1. The molecule has 1 aliphatic heterocycles. The Bertz CT molecular complexity index is 280. The summed E-state index contributed by atoms with van der Waals surface area (Å²) in [5.74, 6) is 1.25. The van der Waals surface area contributed by atoms with Crippen LogP contribution in [0.2, 0.25) is 0 Å². The van der Waals surface area contributed by atoms with Gasteiger partial charge in [-0.05, 0) is 37.1 Å². The van der Waals surface area contributed by atoms with E-state index in [0.29, 0.717) is 0 Å². The Hall–Kier alpha value is -0.130. The maximum atomic E-state index is 6.22. The van der Waals surface area contributed by atoms with E-state index in [1.165, 1.54) is 30.1 Å². The first kappa shape index (κ1) is 10.4. The summed E-state index contributed by atoms with van der Waals surface area (Å²) < 4.78 is 4.11. The molecule has 2 unspecified atom stereocenters. The minimum atomic E-state index is 0.207. The summed E-state index contributed by atoms with van der Waals surface area (Å²) in [5, 5.41) is 6.03. The largest absolute Gasteiger partial charge is 0.326 e. The van der Waals surface area contributed by atoms with E-state index in [2.05, 4.69) is 16.5 Å². The molecule has 1 fully saturated rings. The molecule has 78 valence electrons. The Morgan fingerprint density at radius 2 is 2.57 bits per heavy atom. The lowest BCUT2D eigenvalue weighted by Gasteiger charge is -2.29. The maximum Gasteiger partial charge on any atom is 0.0771 e. The van der Waals surface area contributed by atoms with Crippen LogP contribution in [-0.2, 0) is 6.42 Å². The molecular formula is C9H15N3S2. The zero-order valence-corrected chi connectivity index (χ0v) is 9.90. The second-order valence-corrected chi connectivity index (χ2v) is 6.21. The molecule has 0 bridgehead atoms. The van der Waals surface area contributed by atoms with E-state index in [-0.39, 0.29) is 10.8 Å². The highest BCUT2D eigenvalue weighted by molar-refractivity contribution is 8.00. The lowest BCUT2D eigenvalue weighted by molar-refractivity contribution is 0.479. The topological polar surface area (TPSA) is 51.8 Å². The minimum absolute atomic E-state index is 0.207. The van der Waals surface area contributed by atoms with Crippen LogP contribution in [0.1, 0.15) is 25.5 Å². The van der Waals surface area contributed by atoms with Gasteiger partial charge < -0.3 is 5.73 Å². The van der Waals surface area contributed by atoms with Crippen LogP contribution in [0.5, 0.6) is 0 Å². The van der Waals surface area contributed by atoms with Crippen LogP contribution in [-0.4, -0.2) is 26.1 Å². The second-order valence-electron chi connectivity index (χ2n) is 3.97. The van der Waals surface area contributed by atoms with E-state index in [1.807, 2.05) is 17.1 Å². The molecule has 2 rings (SSSR count). The van der Waals surface area contributed by atoms with Gasteiger partial charge in [0.1, 0.15) is 0 Å². The van der Waals surface area contributed by atoms with Gasteiger partial charge in [0.15, 0.2) is 0 Å². The van der Waals surface area contributed by atoms with Gasteiger partial charge in [-0.2, -0.15) is 11.8 Å². The Balaban J connectivity index is 1.98. The first-order valence-electron chi connectivity index (χ1n) is 4.86. The molecule has 1 saturated heterocycles. The van der Waals surface area contributed by atoms with Crippen molar-refractivity contribution in [2.75, 3.05) is 5.75 Å². The summed E-state index contributed by atoms with van der Waals surface area (Å²) >= 11 is 3.40. The maximum absolute atomic E-state index is 6.22. The molecule has 1 aliphatic rings. The minimum Gasteiger partial charge on any atom is -0.326 e. The first-order chi connectivity index (χ1) is 6.71. The van der Waals surface area contributed by atoms with Crippen molar-refractivity contribution in [1.29, 1.82) is 0 Å². The third kappa shape index (κ3) is 2.10. The van der Waals surface area contributed by atoms with E-state index in [0.717, 1.165) is 12.1 Å². The number of hydrogen-bond acceptors (Lipinski definition) is 5. The molecule has 2 atom stereocenters. The highest BCUT2D eigenvalue weighted by Crippen LogP contribution is 2.40. The summed E-state index contributed by atoms with van der Waals surface area (Å²) in [7, 11) is 0. The fourth-order valence-corrected chi connectivity index (χ4v) is 3.61. The Morgan fingerprint density at radius 1 is 1.71 bits per heavy atom. The third-order valence-electron chi connectivity index (χ3n) is 2.87. The van der Waals surface area contributed by atoms with Gasteiger partial charge in [-0.3, -0.25) is 0 Å². The monoisotopic (exact) mass is 229 g/mol. The summed E-state index contributed by atoms with van der Waals surface area (Å²) in [5.41, 5.74) is 7.26. The molecule has 1 aromatic rings. The molecule has 0 spiro atoms. The summed E-state index contributed by atoms with van der Waals surface area (Å²) in [4.78, 5) is 0. The summed E-state index contributed by atoms with van der Waals surface area (Å²) in [6.07, 6.45) is 3.39. The van der Waals surface area contributed by atoms with Gasteiger partial charge in [0, 0.05) is 22.6 Å². The van der Waals surface area contributed by atoms with Gasteiger partial charge in [-0.25, -0.2) is 0 Å². The summed E-state index contributed by atoms with van der Waals surface area (Å²) in [6.45, 7) is 2.27. The van der Waals surface area contributed by atoms with Crippen molar-refractivity contribution in [3.63, 3.8) is 0 Å². The molecule has 0 aliphatic carbocycles. The Kier molecular flexibility index (Phi) is 3.09. The van der Waals surface area contributed by atoms with E-state index in [4.69, 9.17) is 5.73 Å². The van der Waals surface area contributed by atoms with E-state index >= 15 is 0 Å². The quantitative estimate of drug-likeness (QED) is 0.857. The molecule has 0 radical (unpaired) electrons. The van der Waals surface area contributed by atoms with Crippen molar-refractivity contribution in [2.24, 2.45) is 5.73 Å². The number of aromatic nitrogens is 2. The summed E-state index contributed by atoms with van der Waals surface area (Å²) in [6, 6.07) is 0.207. The molecule has 0 amide bonds. The van der Waals surface area contributed by atoms with Crippen molar-refractivity contribution >= 4 is 23.3 Å². The fraction of sp³-hybridized carbons (Fsp3) is 0.778. The van der Waals surface area contributed by atoms with Crippen LogP contribution in [0.15, 0.2) is 5.38 Å². The lowest BCUT2D eigenvalue weighted by Crippen LogP contribution is -2.42. The number of hydrogen-bond donors (Lipinski definition) is 1. The van der Waals surface area contributed by atoms with Crippen LogP contribution < -0.4 is 5.73 Å². The van der Waals surface area contributed by atoms with Gasteiger partial charge in [0.25, 0.3) is 0 Å². The van der Waals surface area contributed by atoms with Crippen molar-refractivity contribution in [3.05, 3.63) is 11.1 Å².